The highest BCUT2D eigenvalue weighted by Gasteiger charge is 2.26. The number of hydrogen-bond acceptors (Lipinski definition) is 5. The second-order valence-electron chi connectivity index (χ2n) is 8.55. The van der Waals surface area contributed by atoms with Crippen molar-refractivity contribution in [3.8, 4) is 0 Å². The van der Waals surface area contributed by atoms with Crippen molar-refractivity contribution in [2.75, 3.05) is 25.0 Å². The highest BCUT2D eigenvalue weighted by Crippen LogP contribution is 2.25. The molecular weight excluding hydrogens is 390 g/mol. The Balaban J connectivity index is 1.81. The van der Waals surface area contributed by atoms with Crippen LogP contribution in [0.5, 0.6) is 0 Å². The number of rotatable bonds is 4. The Morgan fingerprint density at radius 1 is 1.17 bits per heavy atom. The smallest absolute Gasteiger partial charge is 0.317 e. The van der Waals surface area contributed by atoms with E-state index < -0.39 is 16.7 Å². The van der Waals surface area contributed by atoms with Crippen molar-refractivity contribution in [3.05, 3.63) is 33.9 Å². The predicted molar refractivity (Wildman–Crippen MR) is 112 cm³/mol. The summed E-state index contributed by atoms with van der Waals surface area (Å²) >= 11 is 0. The Bertz CT molecular complexity index is 825. The van der Waals surface area contributed by atoms with Crippen molar-refractivity contribution in [2.24, 2.45) is 5.92 Å². The minimum Gasteiger partial charge on any atom is -0.348 e. The molecule has 0 bridgehead atoms. The number of nitro groups is 1. The van der Waals surface area contributed by atoms with Gasteiger partial charge in [0, 0.05) is 31.2 Å². The van der Waals surface area contributed by atoms with E-state index in [1.54, 1.807) is 17.9 Å². The molecular formula is C20H29N5O5. The minimum atomic E-state index is -0.955. The molecule has 0 aromatic heterocycles. The number of piperidine rings is 1. The summed E-state index contributed by atoms with van der Waals surface area (Å²) in [7, 11) is 0. The van der Waals surface area contributed by atoms with Crippen LogP contribution in [0.1, 0.15) is 39.2 Å². The Morgan fingerprint density at radius 2 is 1.80 bits per heavy atom. The Morgan fingerprint density at radius 3 is 2.37 bits per heavy atom. The van der Waals surface area contributed by atoms with E-state index in [-0.39, 0.29) is 28.9 Å². The van der Waals surface area contributed by atoms with Gasteiger partial charge in [-0.05, 0) is 58.1 Å². The molecule has 30 heavy (non-hydrogen) atoms. The number of carbonyl (C=O) groups is 3. The lowest BCUT2D eigenvalue weighted by Crippen LogP contribution is -2.51. The lowest BCUT2D eigenvalue weighted by molar-refractivity contribution is -0.384. The van der Waals surface area contributed by atoms with Crippen LogP contribution >= 0.6 is 0 Å². The SMILES string of the molecule is Cc1ccc(NC(=O)C(=O)NCC2CCN(C(=O)NC(C)(C)C)CC2)c([N+](=O)[O-])c1. The molecule has 10 nitrogen and oxygen atoms in total. The maximum Gasteiger partial charge on any atom is 0.317 e. The van der Waals surface area contributed by atoms with Gasteiger partial charge in [-0.15, -0.1) is 0 Å². The van der Waals surface area contributed by atoms with E-state index >= 15 is 0 Å². The van der Waals surface area contributed by atoms with Gasteiger partial charge in [0.2, 0.25) is 0 Å². The molecule has 0 atom stereocenters. The molecule has 0 aliphatic carbocycles. The van der Waals surface area contributed by atoms with E-state index in [2.05, 4.69) is 16.0 Å². The largest absolute Gasteiger partial charge is 0.348 e. The summed E-state index contributed by atoms with van der Waals surface area (Å²) in [6.07, 6.45) is 1.42. The summed E-state index contributed by atoms with van der Waals surface area (Å²) in [5.41, 5.74) is 0.0783. The zero-order valence-corrected chi connectivity index (χ0v) is 17.8. The number of nitrogens with one attached hydrogen (secondary N) is 3. The van der Waals surface area contributed by atoms with Crippen LogP contribution in [0.15, 0.2) is 18.2 Å². The van der Waals surface area contributed by atoms with Crippen molar-refractivity contribution < 1.29 is 19.3 Å². The van der Waals surface area contributed by atoms with Gasteiger partial charge in [0.15, 0.2) is 0 Å². The quantitative estimate of drug-likeness (QED) is 0.391. The highest BCUT2D eigenvalue weighted by atomic mass is 16.6. The molecule has 164 valence electrons. The summed E-state index contributed by atoms with van der Waals surface area (Å²) in [6, 6.07) is 4.24. The molecule has 0 radical (unpaired) electrons. The third-order valence-corrected chi connectivity index (χ3v) is 4.74. The molecule has 1 aliphatic heterocycles. The number of amides is 4. The van der Waals surface area contributed by atoms with Crippen molar-refractivity contribution in [3.63, 3.8) is 0 Å². The van der Waals surface area contributed by atoms with E-state index in [9.17, 15) is 24.5 Å². The zero-order chi connectivity index (χ0) is 22.5. The standard InChI is InChI=1S/C20H29N5O5/c1-13-5-6-15(16(11-13)25(29)30)22-18(27)17(26)21-12-14-7-9-24(10-8-14)19(28)23-20(2,3)4/h5-6,11,14H,7-10,12H2,1-4H3,(H,21,26)(H,22,27)(H,23,28). The first kappa shape index (κ1) is 23.1. The number of anilines is 1. The van der Waals surface area contributed by atoms with E-state index in [0.29, 0.717) is 38.0 Å². The third kappa shape index (κ3) is 6.71. The molecule has 1 saturated heterocycles. The molecule has 4 amide bonds. The molecule has 1 aromatic rings. The Hall–Kier alpha value is -3.17. The second kappa shape index (κ2) is 9.55. The van der Waals surface area contributed by atoms with Gasteiger partial charge < -0.3 is 20.9 Å². The van der Waals surface area contributed by atoms with Crippen LogP contribution in [0.2, 0.25) is 0 Å². The summed E-state index contributed by atoms with van der Waals surface area (Å²) in [5, 5.41) is 18.9. The number of hydrogen-bond donors (Lipinski definition) is 3. The molecule has 3 N–H and O–H groups in total. The van der Waals surface area contributed by atoms with Gasteiger partial charge in [-0.25, -0.2) is 4.79 Å². The first-order valence-corrected chi connectivity index (χ1v) is 9.87. The molecule has 2 rings (SSSR count). The first-order chi connectivity index (χ1) is 14.0. The number of urea groups is 1. The van der Waals surface area contributed by atoms with Gasteiger partial charge in [0.05, 0.1) is 4.92 Å². The highest BCUT2D eigenvalue weighted by molar-refractivity contribution is 6.39. The van der Waals surface area contributed by atoms with Crippen molar-refractivity contribution in [1.82, 2.24) is 15.5 Å². The number of nitrogens with zero attached hydrogens (tertiary/aromatic N) is 2. The van der Waals surface area contributed by atoms with Crippen molar-refractivity contribution in [1.29, 1.82) is 0 Å². The number of carbonyl (C=O) groups excluding carboxylic acids is 3. The van der Waals surface area contributed by atoms with E-state index in [1.165, 1.54) is 12.1 Å². The van der Waals surface area contributed by atoms with E-state index in [1.807, 2.05) is 20.8 Å². The molecule has 0 spiro atoms. The zero-order valence-electron chi connectivity index (χ0n) is 17.8. The average Bonchev–Trinajstić information content (AvgIpc) is 2.66. The lowest BCUT2D eigenvalue weighted by Gasteiger charge is -2.34. The van der Waals surface area contributed by atoms with E-state index in [4.69, 9.17) is 0 Å². The monoisotopic (exact) mass is 419 g/mol. The van der Waals surface area contributed by atoms with Crippen LogP contribution in [-0.4, -0.2) is 52.8 Å². The molecule has 10 heteroatoms. The molecule has 1 aromatic carbocycles. The van der Waals surface area contributed by atoms with Gasteiger partial charge >= 0.3 is 17.8 Å². The fourth-order valence-electron chi connectivity index (χ4n) is 3.13. The van der Waals surface area contributed by atoms with E-state index in [0.717, 1.165) is 0 Å². The van der Waals surface area contributed by atoms with Gasteiger partial charge in [-0.1, -0.05) is 6.07 Å². The summed E-state index contributed by atoms with van der Waals surface area (Å²) < 4.78 is 0. The van der Waals surface area contributed by atoms with Crippen LogP contribution in [0.25, 0.3) is 0 Å². The van der Waals surface area contributed by atoms with Crippen LogP contribution in [0.3, 0.4) is 0 Å². The molecule has 1 fully saturated rings. The maximum absolute atomic E-state index is 12.2. The normalized spacial score (nSPS) is 14.7. The lowest BCUT2D eigenvalue weighted by atomic mass is 9.97. The molecule has 0 saturated carbocycles. The summed E-state index contributed by atoms with van der Waals surface area (Å²) in [5.74, 6) is -1.66. The Labute approximate surface area is 175 Å². The van der Waals surface area contributed by atoms with Crippen LogP contribution in [0, 0.1) is 23.0 Å². The first-order valence-electron chi connectivity index (χ1n) is 9.87. The number of aryl methyl sites for hydroxylation is 1. The van der Waals surface area contributed by atoms with Crippen LogP contribution < -0.4 is 16.0 Å². The molecule has 0 unspecified atom stereocenters. The predicted octanol–water partition coefficient (Wildman–Crippen LogP) is 2.18. The second-order valence-corrected chi connectivity index (χ2v) is 8.55. The summed E-state index contributed by atoms with van der Waals surface area (Å²) in [6.45, 7) is 8.91. The Kier molecular flexibility index (Phi) is 7.36. The number of nitro benzene ring substituents is 1. The third-order valence-electron chi connectivity index (χ3n) is 4.74. The molecule has 1 heterocycles. The minimum absolute atomic E-state index is 0.0241. The van der Waals surface area contributed by atoms with Crippen molar-refractivity contribution >= 4 is 29.2 Å². The number of likely N-dealkylation sites (tertiary alicyclic amines) is 1. The van der Waals surface area contributed by atoms with Crippen LogP contribution in [0.4, 0.5) is 16.2 Å². The molecule has 1 aliphatic rings. The van der Waals surface area contributed by atoms with Gasteiger partial charge in [-0.2, -0.15) is 0 Å². The van der Waals surface area contributed by atoms with Gasteiger partial charge in [-0.3, -0.25) is 19.7 Å². The fraction of sp³-hybridized carbons (Fsp3) is 0.550. The van der Waals surface area contributed by atoms with Crippen molar-refractivity contribution in [2.45, 2.75) is 46.1 Å². The maximum atomic E-state index is 12.2. The fourth-order valence-corrected chi connectivity index (χ4v) is 3.13. The van der Waals surface area contributed by atoms with Crippen LogP contribution in [-0.2, 0) is 9.59 Å². The number of benzene rings is 1. The summed E-state index contributed by atoms with van der Waals surface area (Å²) in [4.78, 5) is 48.7. The van der Waals surface area contributed by atoms with Gasteiger partial charge in [0.1, 0.15) is 5.69 Å². The topological polar surface area (TPSA) is 134 Å². The average molecular weight is 419 g/mol. The van der Waals surface area contributed by atoms with Gasteiger partial charge in [0.25, 0.3) is 5.69 Å².